The minimum atomic E-state index is -0.859. The number of nitrogens with zero attached hydrogens (tertiary/aromatic N) is 1. The van der Waals surface area contributed by atoms with Crippen molar-refractivity contribution in [2.75, 3.05) is 33.4 Å². The molecular weight excluding hydrogens is 220 g/mol. The summed E-state index contributed by atoms with van der Waals surface area (Å²) in [4.78, 5) is 13.3. The van der Waals surface area contributed by atoms with Crippen molar-refractivity contribution in [1.82, 2.24) is 10.2 Å². The molecule has 0 saturated heterocycles. The Kier molecular flexibility index (Phi) is 5.36. The first-order valence-electron chi connectivity index (χ1n) is 6.25. The summed E-state index contributed by atoms with van der Waals surface area (Å²) < 4.78 is 5.26. The maximum atomic E-state index is 11.3. The van der Waals surface area contributed by atoms with Gasteiger partial charge in [0.05, 0.1) is 6.61 Å². The highest BCUT2D eigenvalue weighted by Gasteiger charge is 2.39. The Hall–Kier alpha value is -0.650. The molecule has 1 atom stereocenters. The van der Waals surface area contributed by atoms with Crippen LogP contribution in [-0.4, -0.2) is 60.9 Å². The van der Waals surface area contributed by atoms with E-state index in [0.717, 1.165) is 19.4 Å². The lowest BCUT2D eigenvalue weighted by molar-refractivity contribution is -0.145. The standard InChI is InChI=1S/C12H24N2O3/c1-4-17-8-7-14(3)9-12(2,11(15)16)13-10-5-6-10/h10,13H,4-9H2,1-3H3,(H,15,16). The van der Waals surface area contributed by atoms with Crippen LogP contribution in [0.2, 0.25) is 0 Å². The van der Waals surface area contributed by atoms with E-state index in [1.807, 2.05) is 18.9 Å². The average molecular weight is 244 g/mol. The lowest BCUT2D eigenvalue weighted by Crippen LogP contribution is -2.57. The molecule has 0 heterocycles. The molecule has 0 aromatic carbocycles. The van der Waals surface area contributed by atoms with Crippen molar-refractivity contribution in [3.05, 3.63) is 0 Å². The monoisotopic (exact) mass is 244 g/mol. The lowest BCUT2D eigenvalue weighted by Gasteiger charge is -2.31. The first kappa shape index (κ1) is 14.4. The normalized spacial score (nSPS) is 19.3. The van der Waals surface area contributed by atoms with Crippen LogP contribution in [0.5, 0.6) is 0 Å². The number of ether oxygens (including phenoxy) is 1. The highest BCUT2D eigenvalue weighted by Crippen LogP contribution is 2.23. The summed E-state index contributed by atoms with van der Waals surface area (Å²) in [6, 6.07) is 0.386. The fraction of sp³-hybridized carbons (Fsp3) is 0.917. The summed E-state index contributed by atoms with van der Waals surface area (Å²) in [5, 5.41) is 12.5. The van der Waals surface area contributed by atoms with Crippen LogP contribution in [0.3, 0.4) is 0 Å². The average Bonchev–Trinajstić information content (AvgIpc) is 3.01. The lowest BCUT2D eigenvalue weighted by atomic mass is 10.0. The van der Waals surface area contributed by atoms with Gasteiger partial charge >= 0.3 is 5.97 Å². The second kappa shape index (κ2) is 6.33. The summed E-state index contributed by atoms with van der Waals surface area (Å²) in [6.07, 6.45) is 2.18. The van der Waals surface area contributed by atoms with Crippen LogP contribution in [0.15, 0.2) is 0 Å². The highest BCUT2D eigenvalue weighted by molar-refractivity contribution is 5.78. The smallest absolute Gasteiger partial charge is 0.324 e. The molecule has 0 spiro atoms. The van der Waals surface area contributed by atoms with Crippen LogP contribution in [0.4, 0.5) is 0 Å². The number of aliphatic carboxylic acids is 1. The summed E-state index contributed by atoms with van der Waals surface area (Å²) in [6.45, 7) is 6.30. The van der Waals surface area contributed by atoms with Crippen molar-refractivity contribution in [2.24, 2.45) is 0 Å². The number of hydrogen-bond donors (Lipinski definition) is 2. The number of likely N-dealkylation sites (N-methyl/N-ethyl adjacent to an activating group) is 1. The van der Waals surface area contributed by atoms with Gasteiger partial charge in [-0.3, -0.25) is 10.1 Å². The first-order chi connectivity index (χ1) is 7.98. The van der Waals surface area contributed by atoms with Crippen LogP contribution < -0.4 is 5.32 Å². The third kappa shape index (κ3) is 5.02. The number of carboxylic acid groups (broad SMARTS) is 1. The zero-order chi connectivity index (χ0) is 12.9. The van der Waals surface area contributed by atoms with Gasteiger partial charge in [-0.1, -0.05) is 0 Å². The van der Waals surface area contributed by atoms with E-state index in [9.17, 15) is 9.90 Å². The number of carbonyl (C=O) groups is 1. The van der Waals surface area contributed by atoms with Crippen molar-refractivity contribution >= 4 is 5.97 Å². The summed E-state index contributed by atoms with van der Waals surface area (Å²) in [5.41, 5.74) is -0.859. The van der Waals surface area contributed by atoms with Crippen molar-refractivity contribution < 1.29 is 14.6 Å². The van der Waals surface area contributed by atoms with Gasteiger partial charge in [0.2, 0.25) is 0 Å². The van der Waals surface area contributed by atoms with Gasteiger partial charge in [0, 0.05) is 25.7 Å². The Morgan fingerprint density at radius 3 is 2.71 bits per heavy atom. The van der Waals surface area contributed by atoms with Crippen LogP contribution in [-0.2, 0) is 9.53 Å². The molecule has 1 fully saturated rings. The highest BCUT2D eigenvalue weighted by atomic mass is 16.5. The van der Waals surface area contributed by atoms with Gasteiger partial charge in [0.25, 0.3) is 0 Å². The second-order valence-corrected chi connectivity index (χ2v) is 4.99. The van der Waals surface area contributed by atoms with Gasteiger partial charge in [-0.15, -0.1) is 0 Å². The fourth-order valence-corrected chi connectivity index (χ4v) is 1.84. The Labute approximate surface area is 103 Å². The largest absolute Gasteiger partial charge is 0.480 e. The number of nitrogens with one attached hydrogen (secondary N) is 1. The predicted molar refractivity (Wildman–Crippen MR) is 66.2 cm³/mol. The van der Waals surface area contributed by atoms with E-state index >= 15 is 0 Å². The minimum absolute atomic E-state index is 0.386. The van der Waals surface area contributed by atoms with E-state index in [-0.39, 0.29) is 0 Å². The molecule has 0 aliphatic heterocycles. The molecule has 5 nitrogen and oxygen atoms in total. The van der Waals surface area contributed by atoms with E-state index < -0.39 is 11.5 Å². The fourth-order valence-electron chi connectivity index (χ4n) is 1.84. The van der Waals surface area contributed by atoms with Crippen LogP contribution in [0, 0.1) is 0 Å². The van der Waals surface area contributed by atoms with Crippen molar-refractivity contribution in [1.29, 1.82) is 0 Å². The Morgan fingerprint density at radius 2 is 2.24 bits per heavy atom. The van der Waals surface area contributed by atoms with E-state index in [0.29, 0.717) is 25.8 Å². The molecule has 1 saturated carbocycles. The van der Waals surface area contributed by atoms with Crippen LogP contribution in [0.25, 0.3) is 0 Å². The van der Waals surface area contributed by atoms with Gasteiger partial charge < -0.3 is 14.7 Å². The Bertz CT molecular complexity index is 256. The van der Waals surface area contributed by atoms with E-state index in [1.54, 1.807) is 6.92 Å². The molecular formula is C12H24N2O3. The van der Waals surface area contributed by atoms with Crippen LogP contribution in [0.1, 0.15) is 26.7 Å². The molecule has 1 unspecified atom stereocenters. The maximum Gasteiger partial charge on any atom is 0.324 e. The molecule has 0 aromatic heterocycles. The molecule has 0 aromatic rings. The molecule has 100 valence electrons. The molecule has 2 N–H and O–H groups in total. The van der Waals surface area contributed by atoms with E-state index in [4.69, 9.17) is 4.74 Å². The Balaban J connectivity index is 2.38. The summed E-state index contributed by atoms with van der Waals surface area (Å²) in [5.74, 6) is -0.785. The van der Waals surface area contributed by atoms with Gasteiger partial charge in [-0.2, -0.15) is 0 Å². The molecule has 1 aliphatic carbocycles. The van der Waals surface area contributed by atoms with E-state index in [1.165, 1.54) is 0 Å². The predicted octanol–water partition coefficient (Wildman–Crippen LogP) is 0.550. The molecule has 1 aliphatic rings. The number of carboxylic acids is 1. The van der Waals surface area contributed by atoms with E-state index in [2.05, 4.69) is 5.32 Å². The van der Waals surface area contributed by atoms with Crippen molar-refractivity contribution in [3.8, 4) is 0 Å². The third-order valence-electron chi connectivity index (χ3n) is 2.98. The minimum Gasteiger partial charge on any atom is -0.480 e. The third-order valence-corrected chi connectivity index (χ3v) is 2.98. The molecule has 0 radical (unpaired) electrons. The quantitative estimate of drug-likeness (QED) is 0.580. The topological polar surface area (TPSA) is 61.8 Å². The SMILES string of the molecule is CCOCCN(C)CC(C)(NC1CC1)C(=O)O. The molecule has 0 amide bonds. The van der Waals surface area contributed by atoms with Crippen molar-refractivity contribution in [3.63, 3.8) is 0 Å². The van der Waals surface area contributed by atoms with Gasteiger partial charge in [-0.25, -0.2) is 0 Å². The van der Waals surface area contributed by atoms with Gasteiger partial charge in [0.1, 0.15) is 5.54 Å². The van der Waals surface area contributed by atoms with Crippen LogP contribution >= 0.6 is 0 Å². The second-order valence-electron chi connectivity index (χ2n) is 4.99. The zero-order valence-electron chi connectivity index (χ0n) is 11.0. The Morgan fingerprint density at radius 1 is 1.59 bits per heavy atom. The molecule has 1 rings (SSSR count). The summed E-state index contributed by atoms with van der Waals surface area (Å²) >= 11 is 0. The van der Waals surface area contributed by atoms with Crippen molar-refractivity contribution in [2.45, 2.75) is 38.3 Å². The first-order valence-corrected chi connectivity index (χ1v) is 6.25. The molecule has 5 heteroatoms. The maximum absolute atomic E-state index is 11.3. The number of hydrogen-bond acceptors (Lipinski definition) is 4. The van der Waals surface area contributed by atoms with Gasteiger partial charge in [-0.05, 0) is 33.7 Å². The molecule has 0 bridgehead atoms. The number of rotatable bonds is 9. The summed E-state index contributed by atoms with van der Waals surface area (Å²) in [7, 11) is 1.93. The van der Waals surface area contributed by atoms with Gasteiger partial charge in [0.15, 0.2) is 0 Å². The molecule has 17 heavy (non-hydrogen) atoms. The zero-order valence-corrected chi connectivity index (χ0v) is 11.0.